The van der Waals surface area contributed by atoms with E-state index >= 15 is 0 Å². The van der Waals surface area contributed by atoms with Crippen LogP contribution in [-0.4, -0.2) is 41.5 Å². The second kappa shape index (κ2) is 8.26. The highest BCUT2D eigenvalue weighted by molar-refractivity contribution is 6.05. The summed E-state index contributed by atoms with van der Waals surface area (Å²) < 4.78 is 0. The highest BCUT2D eigenvalue weighted by Crippen LogP contribution is 2.11. The number of aliphatic hydroxyl groups is 1. The number of nitrogens with one attached hydrogen (secondary N) is 1. The van der Waals surface area contributed by atoms with Gasteiger partial charge in [-0.25, -0.2) is 0 Å². The summed E-state index contributed by atoms with van der Waals surface area (Å²) >= 11 is 0. The lowest BCUT2D eigenvalue weighted by molar-refractivity contribution is 0.0768. The molecule has 2 aromatic rings. The number of rotatable bonds is 6. The molecular formula is C19H22N2O3. The molecule has 0 fully saturated rings. The van der Waals surface area contributed by atoms with Crippen molar-refractivity contribution in [2.45, 2.75) is 19.4 Å². The van der Waals surface area contributed by atoms with Crippen LogP contribution in [0, 0.1) is 0 Å². The van der Waals surface area contributed by atoms with E-state index in [2.05, 4.69) is 5.32 Å². The average molecular weight is 326 g/mol. The van der Waals surface area contributed by atoms with Gasteiger partial charge in [-0.3, -0.25) is 9.59 Å². The zero-order valence-electron chi connectivity index (χ0n) is 13.9. The van der Waals surface area contributed by atoms with Gasteiger partial charge in [0, 0.05) is 30.4 Å². The van der Waals surface area contributed by atoms with E-state index in [1.807, 2.05) is 30.3 Å². The molecule has 0 aliphatic carbocycles. The molecule has 0 radical (unpaired) electrons. The van der Waals surface area contributed by atoms with Crippen LogP contribution < -0.4 is 5.32 Å². The Morgan fingerprint density at radius 2 is 1.62 bits per heavy atom. The molecule has 5 heteroatoms. The summed E-state index contributed by atoms with van der Waals surface area (Å²) in [6.45, 7) is 2.17. The molecule has 2 N–H and O–H groups in total. The molecule has 126 valence electrons. The van der Waals surface area contributed by atoms with Crippen LogP contribution in [0.2, 0.25) is 0 Å². The maximum Gasteiger partial charge on any atom is 0.255 e. The van der Waals surface area contributed by atoms with E-state index in [0.29, 0.717) is 24.1 Å². The summed E-state index contributed by atoms with van der Waals surface area (Å²) in [7, 11) is 1.70. The van der Waals surface area contributed by atoms with Gasteiger partial charge in [-0.05, 0) is 49.7 Å². The van der Waals surface area contributed by atoms with Gasteiger partial charge in [0.1, 0.15) is 0 Å². The van der Waals surface area contributed by atoms with Crippen LogP contribution in [0.25, 0.3) is 0 Å². The molecule has 0 saturated carbocycles. The predicted molar refractivity (Wildman–Crippen MR) is 94.1 cm³/mol. The normalized spacial score (nSPS) is 11.6. The van der Waals surface area contributed by atoms with Crippen LogP contribution in [0.15, 0.2) is 54.6 Å². The number of hydrogen-bond acceptors (Lipinski definition) is 3. The first-order valence-electron chi connectivity index (χ1n) is 7.87. The molecule has 0 spiro atoms. The second-order valence-corrected chi connectivity index (χ2v) is 5.76. The van der Waals surface area contributed by atoms with Gasteiger partial charge < -0.3 is 15.3 Å². The van der Waals surface area contributed by atoms with Crippen molar-refractivity contribution in [3.05, 3.63) is 65.7 Å². The third-order valence-electron chi connectivity index (χ3n) is 3.65. The molecular weight excluding hydrogens is 304 g/mol. The highest BCUT2D eigenvalue weighted by atomic mass is 16.3. The molecule has 2 rings (SSSR count). The van der Waals surface area contributed by atoms with Gasteiger partial charge in [-0.2, -0.15) is 0 Å². The summed E-state index contributed by atoms with van der Waals surface area (Å²) in [6, 6.07) is 15.7. The van der Waals surface area contributed by atoms with Gasteiger partial charge in [-0.15, -0.1) is 0 Å². The Kier molecular flexibility index (Phi) is 6.09. The van der Waals surface area contributed by atoms with E-state index < -0.39 is 6.10 Å². The Balaban J connectivity index is 1.99. The Morgan fingerprint density at radius 3 is 2.21 bits per heavy atom. The van der Waals surface area contributed by atoms with Crippen molar-refractivity contribution in [2.24, 2.45) is 0 Å². The van der Waals surface area contributed by atoms with Gasteiger partial charge >= 0.3 is 0 Å². The number of amides is 2. The topological polar surface area (TPSA) is 69.6 Å². The van der Waals surface area contributed by atoms with Crippen LogP contribution in [0.1, 0.15) is 34.1 Å². The minimum atomic E-state index is -0.440. The molecule has 0 saturated heterocycles. The largest absolute Gasteiger partial charge is 0.393 e. The summed E-state index contributed by atoms with van der Waals surface area (Å²) in [5.41, 5.74) is 1.72. The molecule has 24 heavy (non-hydrogen) atoms. The van der Waals surface area contributed by atoms with Crippen molar-refractivity contribution in [1.29, 1.82) is 0 Å². The number of carbonyl (C=O) groups excluding carboxylic acids is 2. The van der Waals surface area contributed by atoms with Crippen LogP contribution in [-0.2, 0) is 0 Å². The smallest absolute Gasteiger partial charge is 0.255 e. The van der Waals surface area contributed by atoms with Crippen LogP contribution >= 0.6 is 0 Å². The zero-order valence-corrected chi connectivity index (χ0v) is 13.9. The Morgan fingerprint density at radius 1 is 1.04 bits per heavy atom. The van der Waals surface area contributed by atoms with Crippen molar-refractivity contribution >= 4 is 17.5 Å². The van der Waals surface area contributed by atoms with E-state index in [0.717, 1.165) is 5.69 Å². The third-order valence-corrected chi connectivity index (χ3v) is 3.65. The standard InChI is InChI=1S/C19H22N2O3/c1-14(22)12-13-21(2)19(24)16-10-8-15(9-11-16)18(23)20-17-6-4-3-5-7-17/h3-11,14,22H,12-13H2,1-2H3,(H,20,23). The maximum atomic E-state index is 12.3. The lowest BCUT2D eigenvalue weighted by Crippen LogP contribution is -2.29. The molecule has 2 aromatic carbocycles. The quantitative estimate of drug-likeness (QED) is 0.857. The number of para-hydroxylation sites is 1. The van der Waals surface area contributed by atoms with Gasteiger partial charge in [-0.1, -0.05) is 18.2 Å². The Bertz CT molecular complexity index is 682. The summed E-state index contributed by atoms with van der Waals surface area (Å²) in [5.74, 6) is -0.353. The minimum Gasteiger partial charge on any atom is -0.393 e. The lowest BCUT2D eigenvalue weighted by Gasteiger charge is -2.18. The van der Waals surface area contributed by atoms with E-state index in [9.17, 15) is 14.7 Å². The van der Waals surface area contributed by atoms with E-state index in [1.54, 1.807) is 43.1 Å². The lowest BCUT2D eigenvalue weighted by atomic mass is 10.1. The van der Waals surface area contributed by atoms with Crippen molar-refractivity contribution in [1.82, 2.24) is 4.90 Å². The molecule has 0 aromatic heterocycles. The van der Waals surface area contributed by atoms with Crippen LogP contribution in [0.3, 0.4) is 0 Å². The Hall–Kier alpha value is -2.66. The summed E-state index contributed by atoms with van der Waals surface area (Å²) in [5, 5.41) is 12.1. The van der Waals surface area contributed by atoms with Crippen LogP contribution in [0.5, 0.6) is 0 Å². The SMILES string of the molecule is CC(O)CCN(C)C(=O)c1ccc(C(=O)Nc2ccccc2)cc1. The number of anilines is 1. The van der Waals surface area contributed by atoms with Gasteiger partial charge in [0.2, 0.25) is 0 Å². The van der Waals surface area contributed by atoms with Crippen LogP contribution in [0.4, 0.5) is 5.69 Å². The second-order valence-electron chi connectivity index (χ2n) is 5.76. The first-order valence-corrected chi connectivity index (χ1v) is 7.87. The van der Waals surface area contributed by atoms with Crippen molar-refractivity contribution in [3.63, 3.8) is 0 Å². The molecule has 1 unspecified atom stereocenters. The fourth-order valence-corrected chi connectivity index (χ4v) is 2.19. The molecule has 1 atom stereocenters. The highest BCUT2D eigenvalue weighted by Gasteiger charge is 2.13. The number of carbonyl (C=O) groups is 2. The molecule has 5 nitrogen and oxygen atoms in total. The fourth-order valence-electron chi connectivity index (χ4n) is 2.19. The summed E-state index contributed by atoms with van der Waals surface area (Å²) in [6.07, 6.45) is 0.0871. The number of benzene rings is 2. The fraction of sp³-hybridized carbons (Fsp3) is 0.263. The maximum absolute atomic E-state index is 12.3. The molecule has 0 aliphatic heterocycles. The van der Waals surface area contributed by atoms with E-state index in [4.69, 9.17) is 0 Å². The monoisotopic (exact) mass is 326 g/mol. The van der Waals surface area contributed by atoms with Crippen molar-refractivity contribution in [3.8, 4) is 0 Å². The average Bonchev–Trinajstić information content (AvgIpc) is 2.60. The van der Waals surface area contributed by atoms with Gasteiger partial charge in [0.05, 0.1) is 6.10 Å². The van der Waals surface area contributed by atoms with Crippen molar-refractivity contribution < 1.29 is 14.7 Å². The first kappa shape index (κ1) is 17.7. The van der Waals surface area contributed by atoms with Gasteiger partial charge in [0.25, 0.3) is 11.8 Å². The molecule has 0 aliphatic rings. The number of aliphatic hydroxyl groups excluding tert-OH is 1. The molecule has 0 bridgehead atoms. The van der Waals surface area contributed by atoms with Gasteiger partial charge in [0.15, 0.2) is 0 Å². The summed E-state index contributed by atoms with van der Waals surface area (Å²) in [4.78, 5) is 26.0. The Labute approximate surface area is 141 Å². The molecule has 2 amide bonds. The van der Waals surface area contributed by atoms with E-state index in [1.165, 1.54) is 0 Å². The number of nitrogens with zero attached hydrogens (tertiary/aromatic N) is 1. The van der Waals surface area contributed by atoms with Crippen molar-refractivity contribution in [2.75, 3.05) is 18.9 Å². The van der Waals surface area contributed by atoms with E-state index in [-0.39, 0.29) is 11.8 Å². The molecule has 0 heterocycles. The number of hydrogen-bond donors (Lipinski definition) is 2. The first-order chi connectivity index (χ1) is 11.5. The predicted octanol–water partition coefficient (Wildman–Crippen LogP) is 2.78. The zero-order chi connectivity index (χ0) is 17.5. The minimum absolute atomic E-state index is 0.134. The third kappa shape index (κ3) is 4.93.